The number of rotatable bonds is 4. The summed E-state index contributed by atoms with van der Waals surface area (Å²) in [6.45, 7) is 4.35. The van der Waals surface area contributed by atoms with Gasteiger partial charge in [0.2, 0.25) is 0 Å². The highest BCUT2D eigenvalue weighted by atomic mass is 35.5. The predicted octanol–water partition coefficient (Wildman–Crippen LogP) is 3.30. The number of benzene rings is 2. The van der Waals surface area contributed by atoms with Crippen LogP contribution in [-0.4, -0.2) is 11.2 Å². The van der Waals surface area contributed by atoms with Gasteiger partial charge in [-0.25, -0.2) is 9.59 Å². The molecule has 0 spiro atoms. The average molecular weight is 346 g/mol. The Bertz CT molecular complexity index is 996. The molecule has 0 aliphatic rings. The van der Waals surface area contributed by atoms with E-state index in [4.69, 9.17) is 20.8 Å². The van der Waals surface area contributed by atoms with E-state index in [0.717, 1.165) is 16.1 Å². The van der Waals surface area contributed by atoms with E-state index in [0.29, 0.717) is 16.7 Å². The van der Waals surface area contributed by atoms with E-state index in [1.54, 1.807) is 24.3 Å². The number of ether oxygens (including phenoxy) is 1. The van der Waals surface area contributed by atoms with Crippen molar-refractivity contribution in [2.24, 2.45) is 0 Å². The molecule has 124 valence electrons. The first kappa shape index (κ1) is 16.3. The summed E-state index contributed by atoms with van der Waals surface area (Å²) in [5.74, 6) is -0.00472. The van der Waals surface area contributed by atoms with Crippen LogP contribution in [0.3, 0.4) is 0 Å². The van der Waals surface area contributed by atoms with Crippen LogP contribution < -0.4 is 16.1 Å². The van der Waals surface area contributed by atoms with Gasteiger partial charge in [-0.05, 0) is 49.2 Å². The van der Waals surface area contributed by atoms with Crippen LogP contribution in [0.2, 0.25) is 5.02 Å². The van der Waals surface area contributed by atoms with E-state index in [1.807, 2.05) is 26.0 Å². The van der Waals surface area contributed by atoms with Crippen LogP contribution in [0, 0.1) is 13.8 Å². The van der Waals surface area contributed by atoms with Crippen molar-refractivity contribution >= 4 is 22.5 Å². The van der Waals surface area contributed by atoms with Crippen molar-refractivity contribution in [3.63, 3.8) is 0 Å². The summed E-state index contributed by atoms with van der Waals surface area (Å²) in [6, 6.07) is 10.5. The number of aryl methyl sites for hydroxylation is 2. The van der Waals surface area contributed by atoms with Crippen LogP contribution in [-0.2, 0) is 6.54 Å². The lowest BCUT2D eigenvalue weighted by Crippen LogP contribution is -2.27. The second kappa shape index (κ2) is 6.53. The van der Waals surface area contributed by atoms with Gasteiger partial charge in [0.05, 0.1) is 17.4 Å². The summed E-state index contributed by atoms with van der Waals surface area (Å²) in [7, 11) is 0. The van der Waals surface area contributed by atoms with E-state index in [9.17, 15) is 9.59 Å². The number of fused-ring (bicyclic) bond motifs is 1. The Morgan fingerprint density at radius 2 is 1.79 bits per heavy atom. The molecule has 0 amide bonds. The maximum Gasteiger partial charge on any atom is 0.422 e. The Kier molecular flexibility index (Phi) is 4.44. The largest absolute Gasteiger partial charge is 0.492 e. The Hall–Kier alpha value is -2.53. The third kappa shape index (κ3) is 3.08. The van der Waals surface area contributed by atoms with E-state index in [1.165, 1.54) is 4.57 Å². The van der Waals surface area contributed by atoms with Crippen molar-refractivity contribution < 1.29 is 9.15 Å². The zero-order valence-corrected chi connectivity index (χ0v) is 14.1. The van der Waals surface area contributed by atoms with Gasteiger partial charge in [-0.1, -0.05) is 23.7 Å². The van der Waals surface area contributed by atoms with Gasteiger partial charge in [0.1, 0.15) is 12.4 Å². The van der Waals surface area contributed by atoms with Crippen molar-refractivity contribution in [1.29, 1.82) is 0 Å². The first-order valence-corrected chi connectivity index (χ1v) is 7.87. The summed E-state index contributed by atoms with van der Waals surface area (Å²) in [6.07, 6.45) is 0. The van der Waals surface area contributed by atoms with Crippen molar-refractivity contribution in [3.05, 3.63) is 73.5 Å². The topological polar surface area (TPSA) is 61.4 Å². The van der Waals surface area contributed by atoms with Crippen LogP contribution in [0.25, 0.3) is 10.9 Å². The molecule has 0 aliphatic carbocycles. The highest BCUT2D eigenvalue weighted by molar-refractivity contribution is 6.32. The van der Waals surface area contributed by atoms with Gasteiger partial charge in [0, 0.05) is 5.02 Å². The zero-order chi connectivity index (χ0) is 17.3. The van der Waals surface area contributed by atoms with Gasteiger partial charge < -0.3 is 9.15 Å². The minimum Gasteiger partial charge on any atom is -0.492 e. The fraction of sp³-hybridized carbons (Fsp3) is 0.222. The standard InChI is InChI=1S/C18H16ClNO4/c1-11-9-13(10-12(2)16(11)19)23-8-7-20-15-6-4-3-5-14(15)17(21)24-18(20)22/h3-6,9-10H,7-8H2,1-2H3. The Labute approximate surface area is 143 Å². The third-order valence-corrected chi connectivity index (χ3v) is 4.40. The molecule has 2 aromatic carbocycles. The van der Waals surface area contributed by atoms with Crippen LogP contribution >= 0.6 is 11.6 Å². The Morgan fingerprint density at radius 3 is 2.50 bits per heavy atom. The number of para-hydroxylation sites is 1. The van der Waals surface area contributed by atoms with Crippen molar-refractivity contribution in [1.82, 2.24) is 4.57 Å². The molecule has 0 saturated heterocycles. The van der Waals surface area contributed by atoms with Gasteiger partial charge in [-0.15, -0.1) is 0 Å². The van der Waals surface area contributed by atoms with Gasteiger partial charge >= 0.3 is 11.4 Å². The number of halogens is 1. The summed E-state index contributed by atoms with van der Waals surface area (Å²) in [5.41, 5.74) is 1.77. The molecule has 1 aromatic heterocycles. The molecular weight excluding hydrogens is 330 g/mol. The lowest BCUT2D eigenvalue weighted by Gasteiger charge is -2.12. The molecule has 0 fully saturated rings. The Balaban J connectivity index is 1.84. The number of aromatic nitrogens is 1. The van der Waals surface area contributed by atoms with E-state index in [2.05, 4.69) is 0 Å². The second-order valence-corrected chi connectivity index (χ2v) is 5.92. The highest BCUT2D eigenvalue weighted by Crippen LogP contribution is 2.25. The van der Waals surface area contributed by atoms with Gasteiger partial charge in [0.25, 0.3) is 0 Å². The molecule has 0 bridgehead atoms. The Morgan fingerprint density at radius 1 is 1.12 bits per heavy atom. The average Bonchev–Trinajstić information content (AvgIpc) is 2.55. The summed E-state index contributed by atoms with van der Waals surface area (Å²) in [4.78, 5) is 23.7. The zero-order valence-electron chi connectivity index (χ0n) is 13.3. The van der Waals surface area contributed by atoms with Crippen LogP contribution in [0.1, 0.15) is 11.1 Å². The molecule has 1 heterocycles. The van der Waals surface area contributed by atoms with Crippen molar-refractivity contribution in [3.8, 4) is 5.75 Å². The quantitative estimate of drug-likeness (QED) is 0.728. The SMILES string of the molecule is Cc1cc(OCCn2c(=O)oc(=O)c3ccccc32)cc(C)c1Cl. The molecule has 24 heavy (non-hydrogen) atoms. The van der Waals surface area contributed by atoms with Crippen LogP contribution in [0.5, 0.6) is 5.75 Å². The van der Waals surface area contributed by atoms with Crippen LogP contribution in [0.15, 0.2) is 50.4 Å². The third-order valence-electron chi connectivity index (χ3n) is 3.81. The molecule has 3 aromatic rings. The van der Waals surface area contributed by atoms with E-state index >= 15 is 0 Å². The molecule has 6 heteroatoms. The highest BCUT2D eigenvalue weighted by Gasteiger charge is 2.09. The summed E-state index contributed by atoms with van der Waals surface area (Å²) >= 11 is 6.14. The first-order chi connectivity index (χ1) is 11.5. The van der Waals surface area contributed by atoms with Gasteiger partial charge in [0.15, 0.2) is 0 Å². The molecule has 0 atom stereocenters. The lowest BCUT2D eigenvalue weighted by molar-refractivity contribution is 0.287. The fourth-order valence-electron chi connectivity index (χ4n) is 2.63. The minimum absolute atomic E-state index is 0.262. The van der Waals surface area contributed by atoms with Crippen molar-refractivity contribution in [2.45, 2.75) is 20.4 Å². The molecule has 0 unspecified atom stereocenters. The maximum absolute atomic E-state index is 12.0. The molecule has 0 aliphatic heterocycles. The number of nitrogens with zero attached hydrogens (tertiary/aromatic N) is 1. The maximum atomic E-state index is 12.0. The molecular formula is C18H16ClNO4. The van der Waals surface area contributed by atoms with Crippen molar-refractivity contribution in [2.75, 3.05) is 6.61 Å². The molecule has 5 nitrogen and oxygen atoms in total. The van der Waals surface area contributed by atoms with Gasteiger partial charge in [-0.3, -0.25) is 4.57 Å². The first-order valence-electron chi connectivity index (χ1n) is 7.49. The van der Waals surface area contributed by atoms with Crippen LogP contribution in [0.4, 0.5) is 0 Å². The smallest absolute Gasteiger partial charge is 0.422 e. The lowest BCUT2D eigenvalue weighted by atomic mass is 10.1. The predicted molar refractivity (Wildman–Crippen MR) is 93.2 cm³/mol. The normalized spacial score (nSPS) is 11.0. The molecule has 0 saturated carbocycles. The molecule has 0 radical (unpaired) electrons. The minimum atomic E-state index is -0.689. The fourth-order valence-corrected chi connectivity index (χ4v) is 2.73. The monoisotopic (exact) mass is 345 g/mol. The summed E-state index contributed by atoms with van der Waals surface area (Å²) in [5, 5.41) is 1.09. The molecule has 0 N–H and O–H groups in total. The second-order valence-electron chi connectivity index (χ2n) is 5.54. The van der Waals surface area contributed by atoms with E-state index in [-0.39, 0.29) is 13.2 Å². The summed E-state index contributed by atoms with van der Waals surface area (Å²) < 4.78 is 11.9. The number of hydrogen-bond acceptors (Lipinski definition) is 4. The number of hydrogen-bond donors (Lipinski definition) is 0. The van der Waals surface area contributed by atoms with E-state index < -0.39 is 11.4 Å². The molecule has 3 rings (SSSR count). The van der Waals surface area contributed by atoms with Gasteiger partial charge in [-0.2, -0.15) is 0 Å².